The Kier molecular flexibility index (Phi) is 7.23. The van der Waals surface area contributed by atoms with Gasteiger partial charge in [0.15, 0.2) is 17.3 Å². The molecule has 1 aromatic heterocycles. The van der Waals surface area contributed by atoms with Gasteiger partial charge in [-0.25, -0.2) is 4.98 Å². The highest BCUT2D eigenvalue weighted by Crippen LogP contribution is 2.42. The standard InChI is InChI=1S/C25H31N3O5S/c1-5-33-18-9-8-17(14-19(18)32-4)21-20(22(29)24-15(2)26-16(3)34-24)23(30)25(31)28(21)13-12-27-10-6-7-11-27/h8-9,14,21,30H,5-7,10-13H2,1-4H3. The van der Waals surface area contributed by atoms with Gasteiger partial charge in [-0.3, -0.25) is 9.59 Å². The number of ether oxygens (including phenoxy) is 2. The zero-order valence-corrected chi connectivity index (χ0v) is 20.9. The number of rotatable bonds is 9. The number of aromatic nitrogens is 1. The Bertz CT molecular complexity index is 1120. The van der Waals surface area contributed by atoms with Crippen LogP contribution in [0.3, 0.4) is 0 Å². The third-order valence-electron chi connectivity index (χ3n) is 6.32. The molecule has 1 N–H and O–H groups in total. The highest BCUT2D eigenvalue weighted by atomic mass is 32.1. The molecule has 0 saturated carbocycles. The van der Waals surface area contributed by atoms with Crippen molar-refractivity contribution in [3.8, 4) is 11.5 Å². The minimum atomic E-state index is -0.728. The summed E-state index contributed by atoms with van der Waals surface area (Å²) < 4.78 is 11.2. The molecule has 2 aliphatic heterocycles. The number of carbonyl (C=O) groups is 2. The van der Waals surface area contributed by atoms with E-state index in [1.165, 1.54) is 11.3 Å². The first kappa shape index (κ1) is 24.2. The van der Waals surface area contributed by atoms with E-state index in [1.54, 1.807) is 31.1 Å². The zero-order valence-electron chi connectivity index (χ0n) is 20.1. The molecule has 1 fully saturated rings. The number of methoxy groups -OCH3 is 1. The van der Waals surface area contributed by atoms with Crippen LogP contribution in [0.4, 0.5) is 0 Å². The summed E-state index contributed by atoms with van der Waals surface area (Å²) in [6.07, 6.45) is 2.29. The molecule has 34 heavy (non-hydrogen) atoms. The highest BCUT2D eigenvalue weighted by molar-refractivity contribution is 7.14. The summed E-state index contributed by atoms with van der Waals surface area (Å²) in [5.74, 6) is -0.296. The minimum Gasteiger partial charge on any atom is -0.503 e. The smallest absolute Gasteiger partial charge is 0.290 e. The number of Topliss-reactive ketones (excluding diaryl/α,β-unsaturated/α-hetero) is 1. The number of nitrogens with zero attached hydrogens (tertiary/aromatic N) is 3. The van der Waals surface area contributed by atoms with Gasteiger partial charge in [0.2, 0.25) is 5.78 Å². The van der Waals surface area contributed by atoms with Crippen molar-refractivity contribution < 1.29 is 24.2 Å². The molecule has 2 aliphatic rings. The van der Waals surface area contributed by atoms with Crippen molar-refractivity contribution in [3.63, 3.8) is 0 Å². The van der Waals surface area contributed by atoms with Crippen LogP contribution >= 0.6 is 11.3 Å². The number of ketones is 1. The normalized spacial score (nSPS) is 18.8. The summed E-state index contributed by atoms with van der Waals surface area (Å²) in [6.45, 7) is 9.05. The Morgan fingerprint density at radius 1 is 1.21 bits per heavy atom. The van der Waals surface area contributed by atoms with Crippen molar-refractivity contribution in [2.45, 2.75) is 39.7 Å². The van der Waals surface area contributed by atoms with E-state index in [2.05, 4.69) is 9.88 Å². The lowest BCUT2D eigenvalue weighted by Crippen LogP contribution is -2.38. The molecule has 1 atom stereocenters. The molecule has 1 saturated heterocycles. The molecule has 0 spiro atoms. The van der Waals surface area contributed by atoms with Gasteiger partial charge in [-0.15, -0.1) is 11.3 Å². The van der Waals surface area contributed by atoms with Gasteiger partial charge in [-0.1, -0.05) is 6.07 Å². The van der Waals surface area contributed by atoms with Crippen molar-refractivity contribution in [2.24, 2.45) is 0 Å². The van der Waals surface area contributed by atoms with Crippen molar-refractivity contribution in [2.75, 3.05) is 39.9 Å². The van der Waals surface area contributed by atoms with Gasteiger partial charge in [-0.2, -0.15) is 0 Å². The van der Waals surface area contributed by atoms with Gasteiger partial charge in [0, 0.05) is 13.1 Å². The lowest BCUT2D eigenvalue weighted by Gasteiger charge is -2.29. The van der Waals surface area contributed by atoms with E-state index in [4.69, 9.17) is 9.47 Å². The monoisotopic (exact) mass is 485 g/mol. The van der Waals surface area contributed by atoms with E-state index in [1.807, 2.05) is 19.9 Å². The number of carbonyl (C=O) groups excluding carboxylic acids is 2. The van der Waals surface area contributed by atoms with Crippen molar-refractivity contribution >= 4 is 23.0 Å². The lowest BCUT2D eigenvalue weighted by molar-refractivity contribution is -0.129. The maximum atomic E-state index is 13.7. The van der Waals surface area contributed by atoms with Gasteiger partial charge in [-0.05, 0) is 64.4 Å². The molecule has 4 rings (SSSR count). The van der Waals surface area contributed by atoms with Gasteiger partial charge < -0.3 is 24.4 Å². The Balaban J connectivity index is 1.75. The molecule has 0 bridgehead atoms. The van der Waals surface area contributed by atoms with Gasteiger partial charge >= 0.3 is 0 Å². The highest BCUT2D eigenvalue weighted by Gasteiger charge is 2.44. The van der Waals surface area contributed by atoms with E-state index in [0.29, 0.717) is 47.3 Å². The van der Waals surface area contributed by atoms with Gasteiger partial charge in [0.1, 0.15) is 0 Å². The van der Waals surface area contributed by atoms with Crippen LogP contribution in [0.5, 0.6) is 11.5 Å². The number of hydrogen-bond acceptors (Lipinski definition) is 8. The summed E-state index contributed by atoms with van der Waals surface area (Å²) >= 11 is 1.27. The second-order valence-electron chi connectivity index (χ2n) is 8.53. The Hall–Kier alpha value is -2.91. The van der Waals surface area contributed by atoms with Crippen LogP contribution < -0.4 is 9.47 Å². The molecular weight excluding hydrogens is 454 g/mol. The number of aryl methyl sites for hydroxylation is 2. The molecule has 9 heteroatoms. The summed E-state index contributed by atoms with van der Waals surface area (Å²) in [4.78, 5) is 35.6. The molecular formula is C25H31N3O5S. The molecule has 0 radical (unpaired) electrons. The number of hydrogen-bond donors (Lipinski definition) is 1. The van der Waals surface area contributed by atoms with Crippen molar-refractivity contribution in [3.05, 3.63) is 50.7 Å². The Morgan fingerprint density at radius 2 is 1.94 bits per heavy atom. The quantitative estimate of drug-likeness (QED) is 0.540. The Labute approximate surface area is 203 Å². The fourth-order valence-corrected chi connectivity index (χ4v) is 5.59. The topological polar surface area (TPSA) is 92.2 Å². The summed E-state index contributed by atoms with van der Waals surface area (Å²) in [7, 11) is 1.55. The first-order valence-electron chi connectivity index (χ1n) is 11.6. The van der Waals surface area contributed by atoms with Crippen molar-refractivity contribution in [1.29, 1.82) is 0 Å². The van der Waals surface area contributed by atoms with E-state index in [-0.39, 0.29) is 11.4 Å². The maximum absolute atomic E-state index is 13.7. The fourth-order valence-electron chi connectivity index (χ4n) is 4.71. The van der Waals surface area contributed by atoms with Crippen molar-refractivity contribution in [1.82, 2.24) is 14.8 Å². The first-order valence-corrected chi connectivity index (χ1v) is 12.4. The molecule has 2 aromatic rings. The lowest BCUT2D eigenvalue weighted by atomic mass is 9.94. The summed E-state index contributed by atoms with van der Waals surface area (Å²) in [6, 6.07) is 4.65. The third kappa shape index (κ3) is 4.54. The Morgan fingerprint density at radius 3 is 2.56 bits per heavy atom. The molecule has 1 unspecified atom stereocenters. The molecule has 0 aliphatic carbocycles. The third-order valence-corrected chi connectivity index (χ3v) is 7.39. The number of aliphatic hydroxyl groups excluding tert-OH is 1. The molecule has 8 nitrogen and oxygen atoms in total. The van der Waals surface area contributed by atoms with E-state index >= 15 is 0 Å². The maximum Gasteiger partial charge on any atom is 0.290 e. The number of thiazole rings is 1. The van der Waals surface area contributed by atoms with Crippen LogP contribution in [0.2, 0.25) is 0 Å². The van der Waals surface area contributed by atoms with Crippen LogP contribution in [0.15, 0.2) is 29.5 Å². The minimum absolute atomic E-state index is 0.0874. The average molecular weight is 486 g/mol. The van der Waals surface area contributed by atoms with E-state index in [0.717, 1.165) is 30.9 Å². The second-order valence-corrected chi connectivity index (χ2v) is 9.74. The predicted molar refractivity (Wildman–Crippen MR) is 130 cm³/mol. The van der Waals surface area contributed by atoms with Crippen LogP contribution in [0.25, 0.3) is 0 Å². The van der Waals surface area contributed by atoms with Crippen LogP contribution in [0, 0.1) is 13.8 Å². The van der Waals surface area contributed by atoms with Crippen LogP contribution in [-0.2, 0) is 4.79 Å². The second kappa shape index (κ2) is 10.1. The molecule has 1 amide bonds. The number of likely N-dealkylation sites (tertiary alicyclic amines) is 1. The average Bonchev–Trinajstić information content (AvgIpc) is 3.52. The molecule has 1 aromatic carbocycles. The zero-order chi connectivity index (χ0) is 24.4. The summed E-state index contributed by atoms with van der Waals surface area (Å²) in [5, 5.41) is 11.7. The summed E-state index contributed by atoms with van der Waals surface area (Å²) in [5.41, 5.74) is 1.37. The number of aliphatic hydroxyl groups is 1. The largest absolute Gasteiger partial charge is 0.503 e. The number of benzene rings is 1. The first-order chi connectivity index (χ1) is 16.3. The fraction of sp³-hybridized carbons (Fsp3) is 0.480. The van der Waals surface area contributed by atoms with Gasteiger partial charge in [0.05, 0.1) is 40.9 Å². The van der Waals surface area contributed by atoms with E-state index < -0.39 is 17.7 Å². The van der Waals surface area contributed by atoms with E-state index in [9.17, 15) is 14.7 Å². The predicted octanol–water partition coefficient (Wildman–Crippen LogP) is 3.84. The van der Waals surface area contributed by atoms with Crippen LogP contribution in [0.1, 0.15) is 51.7 Å². The van der Waals surface area contributed by atoms with Gasteiger partial charge in [0.25, 0.3) is 5.91 Å². The molecule has 182 valence electrons. The van der Waals surface area contributed by atoms with Crippen LogP contribution in [-0.4, -0.2) is 71.5 Å². The number of amides is 1. The SMILES string of the molecule is CCOc1ccc(C2C(C(=O)c3sc(C)nc3C)=C(O)C(=O)N2CCN2CCCC2)cc1OC. The molecule has 3 heterocycles.